The van der Waals surface area contributed by atoms with Crippen LogP contribution >= 0.6 is 27.5 Å². The SMILES string of the molecule is CCOc1cc(C=Nn2c(-c3cc4c(OC)cccc4o3)nc3ccccc3c2=O)c(Br)c(Cl)c1OCc1ccc(C(=O)O)cc1. The number of benzene rings is 4. The molecule has 2 aromatic heterocycles. The Labute approximate surface area is 275 Å². The van der Waals surface area contributed by atoms with Gasteiger partial charge in [0.05, 0.1) is 41.8 Å². The fourth-order valence-electron chi connectivity index (χ4n) is 4.83. The fraction of sp³-hybridized carbons (Fsp3) is 0.118. The second kappa shape index (κ2) is 13.1. The molecule has 0 aliphatic carbocycles. The van der Waals surface area contributed by atoms with Gasteiger partial charge in [-0.25, -0.2) is 9.78 Å². The van der Waals surface area contributed by atoms with E-state index in [4.69, 9.17) is 40.3 Å². The Hall–Kier alpha value is -5.13. The molecule has 12 heteroatoms. The van der Waals surface area contributed by atoms with Gasteiger partial charge in [-0.05, 0) is 76.9 Å². The molecule has 0 unspecified atom stereocenters. The summed E-state index contributed by atoms with van der Waals surface area (Å²) in [5.41, 5.74) is 2.07. The molecular weight excluding hydrogens is 678 g/mol. The Balaban J connectivity index is 1.41. The number of methoxy groups -OCH3 is 1. The van der Waals surface area contributed by atoms with E-state index in [0.717, 1.165) is 10.9 Å². The molecule has 46 heavy (non-hydrogen) atoms. The molecule has 0 saturated carbocycles. The molecule has 1 N–H and O–H groups in total. The summed E-state index contributed by atoms with van der Waals surface area (Å²) < 4.78 is 25.1. The van der Waals surface area contributed by atoms with Gasteiger partial charge in [0.1, 0.15) is 23.0 Å². The molecule has 0 bridgehead atoms. The standard InChI is InChI=1S/C34H25BrClN3O7/c1-3-44-27-15-21(29(35)30(36)31(27)45-18-19-11-13-20(14-12-19)34(41)42)17-37-39-32(38-24-8-5-4-7-22(24)33(39)40)28-16-23-25(43-2)9-6-10-26(23)46-28/h4-17H,3,18H2,1-2H3,(H,41,42). The second-order valence-electron chi connectivity index (χ2n) is 9.94. The van der Waals surface area contributed by atoms with Crippen molar-refractivity contribution in [3.63, 3.8) is 0 Å². The first-order valence-corrected chi connectivity index (χ1v) is 15.2. The molecule has 2 heterocycles. The van der Waals surface area contributed by atoms with Crippen LogP contribution in [-0.4, -0.2) is 40.7 Å². The molecule has 0 aliphatic rings. The van der Waals surface area contributed by atoms with E-state index in [0.29, 0.717) is 50.4 Å². The van der Waals surface area contributed by atoms with Crippen LogP contribution in [0.3, 0.4) is 0 Å². The van der Waals surface area contributed by atoms with E-state index < -0.39 is 11.5 Å². The van der Waals surface area contributed by atoms with Gasteiger partial charge in [0.25, 0.3) is 5.56 Å². The summed E-state index contributed by atoms with van der Waals surface area (Å²) in [6.45, 7) is 2.27. The third-order valence-electron chi connectivity index (χ3n) is 7.07. The number of carboxylic acids is 1. The molecule has 0 fully saturated rings. The van der Waals surface area contributed by atoms with Crippen LogP contribution in [0, 0.1) is 0 Å². The van der Waals surface area contributed by atoms with Crippen LogP contribution in [0.5, 0.6) is 17.2 Å². The number of hydrogen-bond donors (Lipinski definition) is 1. The summed E-state index contributed by atoms with van der Waals surface area (Å²) in [4.78, 5) is 29.7. The first kappa shape index (κ1) is 30.9. The number of aromatic nitrogens is 2. The maximum absolute atomic E-state index is 13.8. The van der Waals surface area contributed by atoms with Crippen LogP contribution in [0.15, 0.2) is 97.6 Å². The summed E-state index contributed by atoms with van der Waals surface area (Å²) in [5.74, 6) is 0.768. The number of halogens is 2. The molecule has 4 aromatic carbocycles. The molecule has 6 aromatic rings. The van der Waals surface area contributed by atoms with Crippen LogP contribution in [0.4, 0.5) is 0 Å². The van der Waals surface area contributed by atoms with Crippen molar-refractivity contribution in [2.45, 2.75) is 13.5 Å². The predicted molar refractivity (Wildman–Crippen MR) is 179 cm³/mol. The van der Waals surface area contributed by atoms with E-state index in [9.17, 15) is 9.59 Å². The molecule has 0 amide bonds. The third kappa shape index (κ3) is 5.94. The van der Waals surface area contributed by atoms with Gasteiger partial charge in [-0.15, -0.1) is 0 Å². The monoisotopic (exact) mass is 701 g/mol. The first-order chi connectivity index (χ1) is 22.3. The lowest BCUT2D eigenvalue weighted by Gasteiger charge is -2.16. The van der Waals surface area contributed by atoms with Crippen molar-refractivity contribution in [2.75, 3.05) is 13.7 Å². The molecule has 232 valence electrons. The van der Waals surface area contributed by atoms with E-state index in [1.807, 2.05) is 19.1 Å². The number of hydrogen-bond acceptors (Lipinski definition) is 8. The van der Waals surface area contributed by atoms with E-state index in [-0.39, 0.29) is 28.8 Å². The summed E-state index contributed by atoms with van der Waals surface area (Å²) in [5, 5.41) is 15.0. The number of para-hydroxylation sites is 1. The van der Waals surface area contributed by atoms with E-state index in [1.165, 1.54) is 23.0 Å². The van der Waals surface area contributed by atoms with Gasteiger partial charge < -0.3 is 23.7 Å². The topological polar surface area (TPSA) is 125 Å². The van der Waals surface area contributed by atoms with Gasteiger partial charge in [-0.3, -0.25) is 4.79 Å². The number of furan rings is 1. The molecule has 10 nitrogen and oxygen atoms in total. The molecular formula is C34H25BrClN3O7. The van der Waals surface area contributed by atoms with Crippen LogP contribution in [0.2, 0.25) is 5.02 Å². The van der Waals surface area contributed by atoms with Crippen LogP contribution < -0.4 is 19.8 Å². The Morgan fingerprint density at radius 3 is 2.57 bits per heavy atom. The molecule has 0 aliphatic heterocycles. The summed E-state index contributed by atoms with van der Waals surface area (Å²) >= 11 is 10.3. The molecule has 0 saturated heterocycles. The highest BCUT2D eigenvalue weighted by molar-refractivity contribution is 9.10. The van der Waals surface area contributed by atoms with Crippen molar-refractivity contribution in [1.29, 1.82) is 0 Å². The summed E-state index contributed by atoms with van der Waals surface area (Å²) in [6.07, 6.45) is 1.47. The number of fused-ring (bicyclic) bond motifs is 2. The van der Waals surface area contributed by atoms with Crippen molar-refractivity contribution in [3.8, 4) is 28.8 Å². The number of rotatable bonds is 10. The summed E-state index contributed by atoms with van der Waals surface area (Å²) in [6, 6.07) is 22.2. The normalized spacial score (nSPS) is 11.4. The van der Waals surface area contributed by atoms with Crippen LogP contribution in [-0.2, 0) is 6.61 Å². The van der Waals surface area contributed by atoms with Gasteiger partial charge in [0, 0.05) is 10.0 Å². The smallest absolute Gasteiger partial charge is 0.335 e. The number of aromatic carboxylic acids is 1. The highest BCUT2D eigenvalue weighted by Crippen LogP contribution is 2.43. The Morgan fingerprint density at radius 2 is 1.83 bits per heavy atom. The minimum absolute atomic E-state index is 0.114. The van der Waals surface area contributed by atoms with Crippen molar-refractivity contribution in [3.05, 3.63) is 115 Å². The lowest BCUT2D eigenvalue weighted by atomic mass is 10.1. The predicted octanol–water partition coefficient (Wildman–Crippen LogP) is 7.79. The maximum Gasteiger partial charge on any atom is 0.335 e. The maximum atomic E-state index is 13.8. The van der Waals surface area contributed by atoms with Gasteiger partial charge in [0.2, 0.25) is 5.82 Å². The first-order valence-electron chi connectivity index (χ1n) is 14.0. The zero-order valence-corrected chi connectivity index (χ0v) is 26.8. The Bertz CT molecular complexity index is 2190. The second-order valence-corrected chi connectivity index (χ2v) is 11.1. The molecule has 6 rings (SSSR count). The van der Waals surface area contributed by atoms with Crippen molar-refractivity contribution in [1.82, 2.24) is 9.66 Å². The van der Waals surface area contributed by atoms with Gasteiger partial charge in [-0.1, -0.05) is 41.9 Å². The average Bonchev–Trinajstić information content (AvgIpc) is 3.51. The van der Waals surface area contributed by atoms with Crippen LogP contribution in [0.25, 0.3) is 33.5 Å². The molecule has 0 radical (unpaired) electrons. The fourth-order valence-corrected chi connectivity index (χ4v) is 5.48. The zero-order chi connectivity index (χ0) is 32.4. The number of nitrogens with zero attached hydrogens (tertiary/aromatic N) is 3. The molecule has 0 atom stereocenters. The van der Waals surface area contributed by atoms with E-state index >= 15 is 0 Å². The number of carbonyl (C=O) groups is 1. The third-order valence-corrected chi connectivity index (χ3v) is 8.51. The zero-order valence-electron chi connectivity index (χ0n) is 24.5. The summed E-state index contributed by atoms with van der Waals surface area (Å²) in [7, 11) is 1.57. The quantitative estimate of drug-likeness (QED) is 0.144. The highest BCUT2D eigenvalue weighted by atomic mass is 79.9. The highest BCUT2D eigenvalue weighted by Gasteiger charge is 2.20. The van der Waals surface area contributed by atoms with Gasteiger partial charge in [-0.2, -0.15) is 9.78 Å². The lowest BCUT2D eigenvalue weighted by Crippen LogP contribution is -2.20. The van der Waals surface area contributed by atoms with Crippen molar-refractivity contribution < 1.29 is 28.5 Å². The molecule has 0 spiro atoms. The van der Waals surface area contributed by atoms with E-state index in [2.05, 4.69) is 21.0 Å². The van der Waals surface area contributed by atoms with Gasteiger partial charge >= 0.3 is 5.97 Å². The largest absolute Gasteiger partial charge is 0.496 e. The van der Waals surface area contributed by atoms with Gasteiger partial charge in [0.15, 0.2) is 17.3 Å². The Kier molecular flexibility index (Phi) is 8.78. The number of carboxylic acid groups (broad SMARTS) is 1. The van der Waals surface area contributed by atoms with Crippen LogP contribution in [0.1, 0.15) is 28.4 Å². The number of ether oxygens (including phenoxy) is 3. The van der Waals surface area contributed by atoms with E-state index in [1.54, 1.807) is 61.7 Å². The Morgan fingerprint density at radius 1 is 1.04 bits per heavy atom. The van der Waals surface area contributed by atoms with Crippen molar-refractivity contribution in [2.24, 2.45) is 5.10 Å². The minimum Gasteiger partial charge on any atom is -0.496 e. The van der Waals surface area contributed by atoms with Crippen molar-refractivity contribution >= 4 is 61.6 Å². The minimum atomic E-state index is -1.01. The average molecular weight is 703 g/mol. The lowest BCUT2D eigenvalue weighted by molar-refractivity contribution is 0.0697.